The number of rotatable bonds is 7. The van der Waals surface area contributed by atoms with E-state index in [-0.39, 0.29) is 11.5 Å². The predicted octanol–water partition coefficient (Wildman–Crippen LogP) is 3.86. The molecule has 1 aromatic heterocycles. The number of hydrogen-bond donors (Lipinski definition) is 3. The van der Waals surface area contributed by atoms with Gasteiger partial charge in [0.2, 0.25) is 0 Å². The lowest BCUT2D eigenvalue weighted by atomic mass is 9.99. The van der Waals surface area contributed by atoms with Gasteiger partial charge >= 0.3 is 5.97 Å². The summed E-state index contributed by atoms with van der Waals surface area (Å²) in [5.41, 5.74) is 4.18. The number of H-pyrrole nitrogens is 1. The lowest BCUT2D eigenvalue weighted by molar-refractivity contribution is -0.128. The number of aryl methyl sites for hydroxylation is 2. The van der Waals surface area contributed by atoms with Gasteiger partial charge in [-0.05, 0) is 50.6 Å². The second-order valence-electron chi connectivity index (χ2n) is 6.79. The van der Waals surface area contributed by atoms with E-state index >= 15 is 0 Å². The smallest absolute Gasteiger partial charge is 0.335 e. The van der Waals surface area contributed by atoms with Crippen LogP contribution in [0, 0.1) is 13.8 Å². The molecule has 3 N–H and O–H groups in total. The zero-order valence-electron chi connectivity index (χ0n) is 16.5. The highest BCUT2D eigenvalue weighted by molar-refractivity contribution is 5.94. The van der Waals surface area contributed by atoms with Crippen LogP contribution < -0.4 is 5.32 Å². The second kappa shape index (κ2) is 8.70. The van der Waals surface area contributed by atoms with Crippen LogP contribution in [0.1, 0.15) is 45.9 Å². The molecule has 2 unspecified atom stereocenters. The van der Waals surface area contributed by atoms with Gasteiger partial charge in [-0.2, -0.15) is 5.10 Å². The van der Waals surface area contributed by atoms with E-state index in [9.17, 15) is 9.59 Å². The van der Waals surface area contributed by atoms with Crippen LogP contribution in [0.5, 0.6) is 0 Å². The van der Waals surface area contributed by atoms with E-state index < -0.39 is 18.2 Å². The molecule has 0 aliphatic heterocycles. The molecule has 0 aliphatic rings. The number of carboxylic acid groups (broad SMARTS) is 1. The van der Waals surface area contributed by atoms with E-state index in [0.717, 1.165) is 22.5 Å². The molecule has 0 saturated heterocycles. The first kappa shape index (κ1) is 20.3. The second-order valence-corrected chi connectivity index (χ2v) is 6.79. The number of aromatic amines is 1. The van der Waals surface area contributed by atoms with Crippen LogP contribution in [0.15, 0.2) is 54.6 Å². The van der Waals surface area contributed by atoms with E-state index in [1.807, 2.05) is 44.2 Å². The van der Waals surface area contributed by atoms with Crippen molar-refractivity contribution >= 4 is 17.6 Å². The Hall–Kier alpha value is -3.45. The van der Waals surface area contributed by atoms with Gasteiger partial charge in [0.25, 0.3) is 5.91 Å². The summed E-state index contributed by atoms with van der Waals surface area (Å²) >= 11 is 0. The Labute approximate surface area is 168 Å². The molecule has 29 heavy (non-hydrogen) atoms. The average molecular weight is 393 g/mol. The molecule has 2 atom stereocenters. The fourth-order valence-corrected chi connectivity index (χ4v) is 3.09. The van der Waals surface area contributed by atoms with Crippen molar-refractivity contribution in [2.45, 2.75) is 33.0 Å². The van der Waals surface area contributed by atoms with Gasteiger partial charge in [0.15, 0.2) is 0 Å². The third-order valence-electron chi connectivity index (χ3n) is 4.66. The van der Waals surface area contributed by atoms with E-state index in [0.29, 0.717) is 5.69 Å². The lowest BCUT2D eigenvalue weighted by Crippen LogP contribution is -2.29. The summed E-state index contributed by atoms with van der Waals surface area (Å²) in [4.78, 5) is 23.6. The first-order valence-corrected chi connectivity index (χ1v) is 9.23. The summed E-state index contributed by atoms with van der Waals surface area (Å²) in [6.07, 6.45) is -1.21. The molecule has 0 saturated carbocycles. The van der Waals surface area contributed by atoms with Crippen molar-refractivity contribution in [2.24, 2.45) is 0 Å². The van der Waals surface area contributed by atoms with Crippen LogP contribution in [0.4, 0.5) is 5.69 Å². The molecule has 2 aromatic carbocycles. The average Bonchev–Trinajstić information content (AvgIpc) is 3.05. The largest absolute Gasteiger partial charge is 0.478 e. The molecule has 0 aliphatic carbocycles. The van der Waals surface area contributed by atoms with Crippen LogP contribution in [-0.2, 0) is 9.53 Å². The molecule has 0 spiro atoms. The summed E-state index contributed by atoms with van der Waals surface area (Å²) in [6, 6.07) is 15.6. The number of carbonyl (C=O) groups is 2. The Morgan fingerprint density at radius 2 is 1.72 bits per heavy atom. The van der Waals surface area contributed by atoms with Gasteiger partial charge in [-0.25, -0.2) is 4.79 Å². The van der Waals surface area contributed by atoms with Crippen LogP contribution in [0.2, 0.25) is 0 Å². The highest BCUT2D eigenvalue weighted by Crippen LogP contribution is 2.31. The molecule has 0 radical (unpaired) electrons. The maximum Gasteiger partial charge on any atom is 0.335 e. The number of amides is 1. The molecule has 0 bridgehead atoms. The Morgan fingerprint density at radius 1 is 1.07 bits per heavy atom. The third kappa shape index (κ3) is 4.70. The number of nitrogens with one attached hydrogen (secondary N) is 2. The maximum absolute atomic E-state index is 12.7. The predicted molar refractivity (Wildman–Crippen MR) is 109 cm³/mol. The minimum Gasteiger partial charge on any atom is -0.478 e. The quantitative estimate of drug-likeness (QED) is 0.565. The van der Waals surface area contributed by atoms with Gasteiger partial charge in [0.1, 0.15) is 12.2 Å². The molecule has 7 nitrogen and oxygen atoms in total. The number of anilines is 1. The molecule has 3 rings (SSSR count). The molecule has 3 aromatic rings. The normalized spacial score (nSPS) is 12.9. The molecule has 1 heterocycles. The van der Waals surface area contributed by atoms with Crippen molar-refractivity contribution in [3.05, 3.63) is 82.7 Å². The molecule has 1 amide bonds. The monoisotopic (exact) mass is 393 g/mol. The summed E-state index contributed by atoms with van der Waals surface area (Å²) in [5, 5.41) is 18.9. The topological polar surface area (TPSA) is 104 Å². The first-order valence-electron chi connectivity index (χ1n) is 9.23. The Morgan fingerprint density at radius 3 is 2.28 bits per heavy atom. The van der Waals surface area contributed by atoms with E-state index in [2.05, 4.69) is 15.5 Å². The third-order valence-corrected chi connectivity index (χ3v) is 4.66. The standard InChI is InChI=1S/C22H23N3O4/c1-13-19(14(2)25-24-13)20(16-7-5-4-6-8-16)29-15(3)21(26)23-18-11-9-17(10-12-18)22(27)28/h4-12,15,20H,1-3H3,(H,23,26)(H,24,25)(H,27,28). The zero-order valence-corrected chi connectivity index (χ0v) is 16.5. The van der Waals surface area contributed by atoms with Crippen molar-refractivity contribution in [2.75, 3.05) is 5.32 Å². The molecule has 0 fully saturated rings. The molecule has 7 heteroatoms. The lowest BCUT2D eigenvalue weighted by Gasteiger charge is -2.23. The van der Waals surface area contributed by atoms with Gasteiger partial charge in [0, 0.05) is 16.9 Å². The van der Waals surface area contributed by atoms with Gasteiger partial charge in [-0.15, -0.1) is 0 Å². The Balaban J connectivity index is 1.78. The number of hydrogen-bond acceptors (Lipinski definition) is 4. The van der Waals surface area contributed by atoms with Crippen LogP contribution in [0.25, 0.3) is 0 Å². The fraction of sp³-hybridized carbons (Fsp3) is 0.227. The summed E-state index contributed by atoms with van der Waals surface area (Å²) < 4.78 is 6.17. The highest BCUT2D eigenvalue weighted by Gasteiger charge is 2.26. The van der Waals surface area contributed by atoms with Gasteiger partial charge in [-0.1, -0.05) is 30.3 Å². The van der Waals surface area contributed by atoms with Crippen LogP contribution in [-0.4, -0.2) is 33.3 Å². The first-order chi connectivity index (χ1) is 13.9. The zero-order chi connectivity index (χ0) is 21.0. The fourth-order valence-electron chi connectivity index (χ4n) is 3.09. The number of benzene rings is 2. The summed E-state index contributed by atoms with van der Waals surface area (Å²) in [6.45, 7) is 5.50. The number of carbonyl (C=O) groups excluding carboxylic acids is 1. The molecular weight excluding hydrogens is 370 g/mol. The number of aromatic nitrogens is 2. The van der Waals surface area contributed by atoms with Crippen molar-refractivity contribution < 1.29 is 19.4 Å². The number of aromatic carboxylic acids is 1. The number of carboxylic acids is 1. The minimum atomic E-state index is -1.02. The van der Waals surface area contributed by atoms with E-state index in [1.54, 1.807) is 19.1 Å². The van der Waals surface area contributed by atoms with Crippen LogP contribution in [0.3, 0.4) is 0 Å². The molecule has 150 valence electrons. The highest BCUT2D eigenvalue weighted by atomic mass is 16.5. The SMILES string of the molecule is Cc1n[nH]c(C)c1C(OC(C)C(=O)Nc1ccc(C(=O)O)cc1)c1ccccc1. The van der Waals surface area contributed by atoms with E-state index in [4.69, 9.17) is 9.84 Å². The van der Waals surface area contributed by atoms with Crippen molar-refractivity contribution in [3.8, 4) is 0 Å². The van der Waals surface area contributed by atoms with Crippen molar-refractivity contribution in [3.63, 3.8) is 0 Å². The molecular formula is C22H23N3O4. The van der Waals surface area contributed by atoms with Crippen LogP contribution >= 0.6 is 0 Å². The van der Waals surface area contributed by atoms with Gasteiger partial charge in [0.05, 0.1) is 11.3 Å². The van der Waals surface area contributed by atoms with E-state index in [1.165, 1.54) is 12.1 Å². The van der Waals surface area contributed by atoms with Crippen molar-refractivity contribution in [1.82, 2.24) is 10.2 Å². The number of ether oxygens (including phenoxy) is 1. The van der Waals surface area contributed by atoms with Gasteiger partial charge < -0.3 is 15.2 Å². The maximum atomic E-state index is 12.7. The minimum absolute atomic E-state index is 0.155. The number of nitrogens with zero attached hydrogens (tertiary/aromatic N) is 1. The van der Waals surface area contributed by atoms with Gasteiger partial charge in [-0.3, -0.25) is 9.89 Å². The Kier molecular flexibility index (Phi) is 6.09. The van der Waals surface area contributed by atoms with Crippen molar-refractivity contribution in [1.29, 1.82) is 0 Å². The summed E-state index contributed by atoms with van der Waals surface area (Å²) in [5.74, 6) is -1.34. The summed E-state index contributed by atoms with van der Waals surface area (Å²) in [7, 11) is 0. The Bertz CT molecular complexity index is 977.